The van der Waals surface area contributed by atoms with Crippen LogP contribution in [0.15, 0.2) is 0 Å². The normalized spacial score (nSPS) is 17.2. The molecular weight excluding hydrogens is 242 g/mol. The number of aliphatic carboxylic acids is 1. The van der Waals surface area contributed by atoms with Crippen molar-refractivity contribution in [2.24, 2.45) is 11.3 Å². The molecule has 0 aromatic heterocycles. The van der Waals surface area contributed by atoms with E-state index in [1.807, 2.05) is 0 Å². The first-order chi connectivity index (χ1) is 8.92. The van der Waals surface area contributed by atoms with Gasteiger partial charge in [0.05, 0.1) is 5.41 Å². The molecule has 19 heavy (non-hydrogen) atoms. The van der Waals surface area contributed by atoms with E-state index in [0.717, 1.165) is 12.3 Å². The van der Waals surface area contributed by atoms with Crippen molar-refractivity contribution in [3.8, 4) is 0 Å². The lowest BCUT2D eigenvalue weighted by atomic mass is 9.86. The van der Waals surface area contributed by atoms with Crippen LogP contribution >= 0.6 is 0 Å². The third-order valence-corrected chi connectivity index (χ3v) is 4.16. The molecule has 0 saturated heterocycles. The molecule has 1 rings (SSSR count). The number of hydrogen-bond donors (Lipinski definition) is 2. The van der Waals surface area contributed by atoms with Crippen molar-refractivity contribution in [2.45, 2.75) is 65.2 Å². The first-order valence-corrected chi connectivity index (χ1v) is 7.42. The second-order valence-electron chi connectivity index (χ2n) is 6.33. The maximum absolute atomic E-state index is 11.7. The Labute approximate surface area is 116 Å². The van der Waals surface area contributed by atoms with E-state index in [-0.39, 0.29) is 5.91 Å². The van der Waals surface area contributed by atoms with Crippen LogP contribution in [-0.4, -0.2) is 23.5 Å². The van der Waals surface area contributed by atoms with Crippen LogP contribution in [0.25, 0.3) is 0 Å². The monoisotopic (exact) mass is 269 g/mol. The van der Waals surface area contributed by atoms with Crippen molar-refractivity contribution < 1.29 is 14.7 Å². The van der Waals surface area contributed by atoms with Gasteiger partial charge in [-0.3, -0.25) is 9.59 Å². The predicted octanol–water partition coefficient (Wildman–Crippen LogP) is 2.96. The second-order valence-corrected chi connectivity index (χ2v) is 6.33. The number of hydrogen-bond acceptors (Lipinski definition) is 2. The van der Waals surface area contributed by atoms with E-state index in [0.29, 0.717) is 19.4 Å². The maximum Gasteiger partial charge on any atom is 0.309 e. The molecule has 0 aliphatic heterocycles. The Balaban J connectivity index is 2.12. The highest BCUT2D eigenvalue weighted by Gasteiger charge is 2.26. The van der Waals surface area contributed by atoms with Gasteiger partial charge >= 0.3 is 5.97 Å². The molecule has 110 valence electrons. The molecule has 0 spiro atoms. The minimum Gasteiger partial charge on any atom is -0.481 e. The number of amides is 1. The molecule has 0 aromatic carbocycles. The van der Waals surface area contributed by atoms with Gasteiger partial charge in [-0.15, -0.1) is 0 Å². The van der Waals surface area contributed by atoms with Crippen molar-refractivity contribution in [1.29, 1.82) is 0 Å². The molecule has 1 amide bonds. The molecule has 1 aliphatic rings. The van der Waals surface area contributed by atoms with E-state index in [9.17, 15) is 9.59 Å². The molecule has 4 heteroatoms. The highest BCUT2D eigenvalue weighted by atomic mass is 16.4. The van der Waals surface area contributed by atoms with Gasteiger partial charge in [0, 0.05) is 13.0 Å². The van der Waals surface area contributed by atoms with E-state index < -0.39 is 11.4 Å². The summed E-state index contributed by atoms with van der Waals surface area (Å²) in [7, 11) is 0. The van der Waals surface area contributed by atoms with E-state index in [1.165, 1.54) is 32.1 Å². The molecule has 0 bridgehead atoms. The van der Waals surface area contributed by atoms with Gasteiger partial charge in [0.25, 0.3) is 0 Å². The summed E-state index contributed by atoms with van der Waals surface area (Å²) >= 11 is 0. The lowest BCUT2D eigenvalue weighted by molar-refractivity contribution is -0.147. The van der Waals surface area contributed by atoms with Gasteiger partial charge in [0.15, 0.2) is 0 Å². The maximum atomic E-state index is 11.7. The summed E-state index contributed by atoms with van der Waals surface area (Å²) in [5.41, 5.74) is -0.767. The zero-order valence-corrected chi connectivity index (χ0v) is 12.2. The Morgan fingerprint density at radius 1 is 1.21 bits per heavy atom. The van der Waals surface area contributed by atoms with Crippen molar-refractivity contribution >= 4 is 11.9 Å². The molecule has 1 fully saturated rings. The van der Waals surface area contributed by atoms with Crippen LogP contribution in [0.1, 0.15) is 65.2 Å². The summed E-state index contributed by atoms with van der Waals surface area (Å²) < 4.78 is 0. The Bertz CT molecular complexity index is 307. The Morgan fingerprint density at radius 3 is 2.42 bits per heavy atom. The van der Waals surface area contributed by atoms with Crippen LogP contribution in [-0.2, 0) is 9.59 Å². The Hall–Kier alpha value is -1.06. The van der Waals surface area contributed by atoms with Gasteiger partial charge in [-0.1, -0.05) is 32.1 Å². The van der Waals surface area contributed by atoms with E-state index in [2.05, 4.69) is 5.32 Å². The third kappa shape index (κ3) is 6.08. The molecule has 1 aliphatic carbocycles. The molecule has 0 aromatic rings. The van der Waals surface area contributed by atoms with Crippen molar-refractivity contribution in [1.82, 2.24) is 5.32 Å². The number of carbonyl (C=O) groups excluding carboxylic acids is 1. The lowest BCUT2D eigenvalue weighted by Gasteiger charge is -2.21. The SMILES string of the molecule is CC(C)(CCNC(=O)CCC1CCCCC1)C(=O)O. The average molecular weight is 269 g/mol. The molecule has 0 atom stereocenters. The number of rotatable bonds is 7. The summed E-state index contributed by atoms with van der Waals surface area (Å²) in [6, 6.07) is 0. The predicted molar refractivity (Wildman–Crippen MR) is 74.9 cm³/mol. The van der Waals surface area contributed by atoms with Gasteiger partial charge in [0.1, 0.15) is 0 Å². The van der Waals surface area contributed by atoms with Crippen LogP contribution in [0.4, 0.5) is 0 Å². The zero-order chi connectivity index (χ0) is 14.3. The molecule has 0 heterocycles. The smallest absolute Gasteiger partial charge is 0.309 e. The fourth-order valence-corrected chi connectivity index (χ4v) is 2.52. The quantitative estimate of drug-likeness (QED) is 0.746. The van der Waals surface area contributed by atoms with Crippen molar-refractivity contribution in [3.05, 3.63) is 0 Å². The number of nitrogens with one attached hydrogen (secondary N) is 1. The van der Waals surface area contributed by atoms with Crippen LogP contribution in [0.5, 0.6) is 0 Å². The Morgan fingerprint density at radius 2 is 1.84 bits per heavy atom. The molecule has 0 radical (unpaired) electrons. The highest BCUT2D eigenvalue weighted by Crippen LogP contribution is 2.27. The van der Waals surface area contributed by atoms with Gasteiger partial charge in [-0.05, 0) is 32.6 Å². The lowest BCUT2D eigenvalue weighted by Crippen LogP contribution is -2.32. The summed E-state index contributed by atoms with van der Waals surface area (Å²) in [6.45, 7) is 3.82. The second kappa shape index (κ2) is 7.51. The minimum atomic E-state index is -0.816. The fraction of sp³-hybridized carbons (Fsp3) is 0.867. The zero-order valence-electron chi connectivity index (χ0n) is 12.2. The number of carboxylic acids is 1. The Kier molecular flexibility index (Phi) is 6.32. The van der Waals surface area contributed by atoms with E-state index in [4.69, 9.17) is 5.11 Å². The van der Waals surface area contributed by atoms with E-state index in [1.54, 1.807) is 13.8 Å². The summed E-state index contributed by atoms with van der Waals surface area (Å²) in [5, 5.41) is 11.8. The minimum absolute atomic E-state index is 0.0618. The first-order valence-electron chi connectivity index (χ1n) is 7.42. The number of carboxylic acid groups (broad SMARTS) is 1. The van der Waals surface area contributed by atoms with Crippen LogP contribution < -0.4 is 5.32 Å². The highest BCUT2D eigenvalue weighted by molar-refractivity contribution is 5.76. The van der Waals surface area contributed by atoms with Gasteiger partial charge in [0.2, 0.25) is 5.91 Å². The standard InChI is InChI=1S/C15H27NO3/c1-15(2,14(18)19)10-11-16-13(17)9-8-12-6-4-3-5-7-12/h12H,3-11H2,1-2H3,(H,16,17)(H,18,19). The third-order valence-electron chi connectivity index (χ3n) is 4.16. The fourth-order valence-electron chi connectivity index (χ4n) is 2.52. The van der Waals surface area contributed by atoms with Crippen LogP contribution in [0.3, 0.4) is 0 Å². The number of carbonyl (C=O) groups is 2. The average Bonchev–Trinajstić information content (AvgIpc) is 2.37. The molecule has 2 N–H and O–H groups in total. The molecule has 4 nitrogen and oxygen atoms in total. The van der Waals surface area contributed by atoms with E-state index >= 15 is 0 Å². The van der Waals surface area contributed by atoms with Crippen LogP contribution in [0.2, 0.25) is 0 Å². The first kappa shape index (κ1) is 16.0. The van der Waals surface area contributed by atoms with Gasteiger partial charge < -0.3 is 10.4 Å². The van der Waals surface area contributed by atoms with Crippen LogP contribution in [0, 0.1) is 11.3 Å². The summed E-state index contributed by atoms with van der Waals surface area (Å²) in [4.78, 5) is 22.6. The summed E-state index contributed by atoms with van der Waals surface area (Å²) in [5.74, 6) is -0.0364. The van der Waals surface area contributed by atoms with Gasteiger partial charge in [-0.2, -0.15) is 0 Å². The summed E-state index contributed by atoms with van der Waals surface area (Å²) in [6.07, 6.45) is 8.51. The van der Waals surface area contributed by atoms with Gasteiger partial charge in [-0.25, -0.2) is 0 Å². The van der Waals surface area contributed by atoms with Crippen molar-refractivity contribution in [3.63, 3.8) is 0 Å². The topological polar surface area (TPSA) is 66.4 Å². The molecule has 1 saturated carbocycles. The molecule has 0 unspecified atom stereocenters. The molecular formula is C15H27NO3. The van der Waals surface area contributed by atoms with Crippen molar-refractivity contribution in [2.75, 3.05) is 6.54 Å². The largest absolute Gasteiger partial charge is 0.481 e.